The molecule has 0 bridgehead atoms. The Balaban J connectivity index is 3.96. The van der Waals surface area contributed by atoms with E-state index in [9.17, 15) is 0 Å². The molecule has 0 amide bonds. The lowest BCUT2D eigenvalue weighted by molar-refractivity contribution is 0.814. The fourth-order valence-electron chi connectivity index (χ4n) is 0.940. The highest BCUT2D eigenvalue weighted by atomic mass is 13.9. The van der Waals surface area contributed by atoms with Crippen LogP contribution in [0.5, 0.6) is 0 Å². The molecule has 0 spiro atoms. The van der Waals surface area contributed by atoms with Gasteiger partial charge in [-0.2, -0.15) is 0 Å². The average Bonchev–Trinajstić information content (AvgIpc) is 2.17. The van der Waals surface area contributed by atoms with Gasteiger partial charge in [-0.3, -0.25) is 0 Å². The largest absolute Gasteiger partial charge is 0.0985 e. The predicted molar refractivity (Wildman–Crippen MR) is 61.8 cm³/mol. The van der Waals surface area contributed by atoms with E-state index in [1.807, 2.05) is 25.2 Å². The molecule has 0 heterocycles. The van der Waals surface area contributed by atoms with E-state index < -0.39 is 0 Å². The van der Waals surface area contributed by atoms with Crippen LogP contribution in [0.2, 0.25) is 0 Å². The van der Waals surface area contributed by atoms with Gasteiger partial charge < -0.3 is 0 Å². The Hall–Kier alpha value is -1.04. The lowest BCUT2D eigenvalue weighted by Crippen LogP contribution is -1.71. The molecule has 0 aromatic heterocycles. The molecule has 0 aromatic rings. The first-order chi connectivity index (χ1) is 6.35. The summed E-state index contributed by atoms with van der Waals surface area (Å²) >= 11 is 0. The van der Waals surface area contributed by atoms with E-state index >= 15 is 0 Å². The van der Waals surface area contributed by atoms with Crippen LogP contribution >= 0.6 is 0 Å². The van der Waals surface area contributed by atoms with E-state index in [0.29, 0.717) is 0 Å². The van der Waals surface area contributed by atoms with Gasteiger partial charge >= 0.3 is 0 Å². The van der Waals surface area contributed by atoms with Crippen LogP contribution in [-0.4, -0.2) is 0 Å². The summed E-state index contributed by atoms with van der Waals surface area (Å²) in [6, 6.07) is 0. The van der Waals surface area contributed by atoms with E-state index in [0.717, 1.165) is 6.42 Å². The summed E-state index contributed by atoms with van der Waals surface area (Å²) in [6.45, 7) is 7.98. The average molecular weight is 176 g/mol. The maximum Gasteiger partial charge on any atom is -0.0266 e. The smallest absolute Gasteiger partial charge is 0.0266 e. The summed E-state index contributed by atoms with van der Waals surface area (Å²) in [7, 11) is 0. The summed E-state index contributed by atoms with van der Waals surface area (Å²) < 4.78 is 0. The standard InChI is InChI=1S/C13H20/c1-4-7-9-10-12-13(6-3)11-8-5-2/h5-6,8,10-12H,3-4,7,9H2,1-2H3/b8-5-,12-10+,13-11+. The van der Waals surface area contributed by atoms with Crippen molar-refractivity contribution in [3.63, 3.8) is 0 Å². The Morgan fingerprint density at radius 2 is 2.15 bits per heavy atom. The fraction of sp³-hybridized carbons (Fsp3) is 0.385. The van der Waals surface area contributed by atoms with Crippen LogP contribution in [0.25, 0.3) is 0 Å². The highest BCUT2D eigenvalue weighted by molar-refractivity contribution is 5.32. The first kappa shape index (κ1) is 12.0. The number of allylic oxidation sites excluding steroid dienone is 7. The van der Waals surface area contributed by atoms with Gasteiger partial charge in [0.05, 0.1) is 0 Å². The van der Waals surface area contributed by atoms with Crippen molar-refractivity contribution in [2.75, 3.05) is 0 Å². The topological polar surface area (TPSA) is 0 Å². The zero-order valence-corrected chi connectivity index (χ0v) is 8.79. The minimum atomic E-state index is 1.16. The molecule has 13 heavy (non-hydrogen) atoms. The maximum atomic E-state index is 3.76. The van der Waals surface area contributed by atoms with Gasteiger partial charge in [-0.05, 0) is 18.9 Å². The fourth-order valence-corrected chi connectivity index (χ4v) is 0.940. The van der Waals surface area contributed by atoms with Gasteiger partial charge in [0.2, 0.25) is 0 Å². The monoisotopic (exact) mass is 176 g/mol. The first-order valence-electron chi connectivity index (χ1n) is 4.97. The second kappa shape index (κ2) is 9.05. The Morgan fingerprint density at radius 3 is 2.69 bits per heavy atom. The van der Waals surface area contributed by atoms with Gasteiger partial charge in [-0.1, -0.05) is 62.8 Å². The Bertz CT molecular complexity index is 204. The van der Waals surface area contributed by atoms with Crippen LogP contribution in [0.1, 0.15) is 33.1 Å². The van der Waals surface area contributed by atoms with Crippen LogP contribution in [-0.2, 0) is 0 Å². The van der Waals surface area contributed by atoms with Crippen LogP contribution < -0.4 is 0 Å². The van der Waals surface area contributed by atoms with Crippen molar-refractivity contribution in [1.29, 1.82) is 0 Å². The molecule has 0 saturated carbocycles. The predicted octanol–water partition coefficient (Wildman–Crippen LogP) is 4.42. The minimum absolute atomic E-state index is 1.16. The van der Waals surface area contributed by atoms with Crippen LogP contribution in [0, 0.1) is 0 Å². The number of hydrogen-bond donors (Lipinski definition) is 0. The van der Waals surface area contributed by atoms with Crippen molar-refractivity contribution in [3.05, 3.63) is 48.6 Å². The summed E-state index contributed by atoms with van der Waals surface area (Å²) in [5, 5.41) is 0. The second-order valence-electron chi connectivity index (χ2n) is 2.94. The molecule has 0 fully saturated rings. The zero-order chi connectivity index (χ0) is 9.94. The SMILES string of the molecule is C=CC(/C=C/CCCC)=C\C=C/C. The molecule has 0 aliphatic heterocycles. The van der Waals surface area contributed by atoms with Gasteiger partial charge in [0.25, 0.3) is 0 Å². The van der Waals surface area contributed by atoms with Crippen molar-refractivity contribution in [3.8, 4) is 0 Å². The third-order valence-electron chi connectivity index (χ3n) is 1.75. The molecule has 0 aliphatic rings. The minimum Gasteiger partial charge on any atom is -0.0985 e. The number of unbranched alkanes of at least 4 members (excludes halogenated alkanes) is 2. The second-order valence-corrected chi connectivity index (χ2v) is 2.94. The van der Waals surface area contributed by atoms with Gasteiger partial charge in [0.1, 0.15) is 0 Å². The lowest BCUT2D eigenvalue weighted by Gasteiger charge is -1.91. The van der Waals surface area contributed by atoms with E-state index in [2.05, 4.69) is 31.7 Å². The highest BCUT2D eigenvalue weighted by Crippen LogP contribution is 2.02. The Kier molecular flexibility index (Phi) is 8.33. The molecular formula is C13H20. The van der Waals surface area contributed by atoms with E-state index in [1.54, 1.807) is 0 Å². The van der Waals surface area contributed by atoms with Gasteiger partial charge in [0.15, 0.2) is 0 Å². The molecule has 0 saturated heterocycles. The molecular weight excluding hydrogens is 156 g/mol. The summed E-state index contributed by atoms with van der Waals surface area (Å²) in [6.07, 6.45) is 16.0. The van der Waals surface area contributed by atoms with E-state index in [-0.39, 0.29) is 0 Å². The molecule has 0 rings (SSSR count). The first-order valence-corrected chi connectivity index (χ1v) is 4.97. The quantitative estimate of drug-likeness (QED) is 0.415. The summed E-state index contributed by atoms with van der Waals surface area (Å²) in [5.41, 5.74) is 1.18. The van der Waals surface area contributed by atoms with Crippen molar-refractivity contribution < 1.29 is 0 Å². The van der Waals surface area contributed by atoms with E-state index in [1.165, 1.54) is 18.4 Å². The lowest BCUT2D eigenvalue weighted by atomic mass is 10.2. The van der Waals surface area contributed by atoms with E-state index in [4.69, 9.17) is 0 Å². The molecule has 0 aromatic carbocycles. The van der Waals surface area contributed by atoms with Crippen molar-refractivity contribution >= 4 is 0 Å². The highest BCUT2D eigenvalue weighted by Gasteiger charge is 1.81. The molecule has 0 atom stereocenters. The molecule has 0 aliphatic carbocycles. The number of hydrogen-bond acceptors (Lipinski definition) is 0. The van der Waals surface area contributed by atoms with Crippen molar-refractivity contribution in [2.24, 2.45) is 0 Å². The van der Waals surface area contributed by atoms with Gasteiger partial charge in [-0.25, -0.2) is 0 Å². The third-order valence-corrected chi connectivity index (χ3v) is 1.75. The molecule has 0 unspecified atom stereocenters. The number of rotatable bonds is 6. The summed E-state index contributed by atoms with van der Waals surface area (Å²) in [4.78, 5) is 0. The molecule has 0 radical (unpaired) electrons. The van der Waals surface area contributed by atoms with Crippen molar-refractivity contribution in [1.82, 2.24) is 0 Å². The summed E-state index contributed by atoms with van der Waals surface area (Å²) in [5.74, 6) is 0. The molecule has 72 valence electrons. The molecule has 0 nitrogen and oxygen atoms in total. The van der Waals surface area contributed by atoms with Crippen molar-refractivity contribution in [2.45, 2.75) is 33.1 Å². The van der Waals surface area contributed by atoms with Crippen LogP contribution in [0.3, 0.4) is 0 Å². The van der Waals surface area contributed by atoms with Crippen LogP contribution in [0.4, 0.5) is 0 Å². The molecule has 0 N–H and O–H groups in total. The van der Waals surface area contributed by atoms with Crippen LogP contribution in [0.15, 0.2) is 48.6 Å². The van der Waals surface area contributed by atoms with Gasteiger partial charge in [0, 0.05) is 0 Å². The maximum absolute atomic E-state index is 3.76. The Morgan fingerprint density at radius 1 is 1.38 bits per heavy atom. The van der Waals surface area contributed by atoms with Gasteiger partial charge in [-0.15, -0.1) is 0 Å². The Labute approximate surface area is 82.4 Å². The molecule has 0 heteroatoms. The normalized spacial score (nSPS) is 12.9. The third kappa shape index (κ3) is 7.32. The zero-order valence-electron chi connectivity index (χ0n) is 8.79.